The molecule has 0 aliphatic rings. The number of ether oxygens (including phenoxy) is 3. The van der Waals surface area contributed by atoms with Gasteiger partial charge in [-0.15, -0.1) is 5.10 Å². The van der Waals surface area contributed by atoms with E-state index in [1.807, 2.05) is 66.9 Å². The second-order valence-corrected chi connectivity index (χ2v) is 11.7. The molecule has 0 fully saturated rings. The summed E-state index contributed by atoms with van der Waals surface area (Å²) < 4.78 is 31.3. The number of aryl methyl sites for hydroxylation is 1. The van der Waals surface area contributed by atoms with E-state index in [-0.39, 0.29) is 10.9 Å². The average molecular weight is 670 g/mol. The van der Waals surface area contributed by atoms with Gasteiger partial charge in [0.25, 0.3) is 0 Å². The molecule has 7 aromatic rings. The molecule has 0 atom stereocenters. The second-order valence-electron chi connectivity index (χ2n) is 11.7. The van der Waals surface area contributed by atoms with E-state index in [1.54, 1.807) is 41.1 Å². The third kappa shape index (κ3) is 7.99. The third-order valence-electron chi connectivity index (χ3n) is 8.16. The zero-order valence-electron chi connectivity index (χ0n) is 27.3. The fourth-order valence-corrected chi connectivity index (χ4v) is 5.58. The molecule has 0 radical (unpaired) electrons. The van der Waals surface area contributed by atoms with Crippen LogP contribution in [0.1, 0.15) is 18.5 Å². The number of rotatable bonds is 15. The Labute approximate surface area is 287 Å². The van der Waals surface area contributed by atoms with E-state index in [1.165, 1.54) is 12.1 Å². The Morgan fingerprint density at radius 2 is 1.18 bits per heavy atom. The van der Waals surface area contributed by atoms with Crippen LogP contribution < -0.4 is 20.3 Å². The van der Waals surface area contributed by atoms with Gasteiger partial charge in [-0.3, -0.25) is 9.59 Å². The van der Waals surface area contributed by atoms with E-state index in [0.717, 1.165) is 36.1 Å². The number of nitrogens with zero attached hydrogens (tertiary/aromatic N) is 3. The van der Waals surface area contributed by atoms with E-state index in [4.69, 9.17) is 23.0 Å². The highest BCUT2D eigenvalue weighted by molar-refractivity contribution is 5.81. The van der Waals surface area contributed by atoms with Crippen molar-refractivity contribution < 1.29 is 23.0 Å². The van der Waals surface area contributed by atoms with Gasteiger partial charge in [0.15, 0.2) is 10.9 Å². The van der Waals surface area contributed by atoms with Crippen LogP contribution in [0.25, 0.3) is 44.6 Å². The Kier molecular flexibility index (Phi) is 10.1. The van der Waals surface area contributed by atoms with Gasteiger partial charge in [-0.1, -0.05) is 65.9 Å². The Morgan fingerprint density at radius 3 is 1.78 bits per heavy atom. The van der Waals surface area contributed by atoms with Gasteiger partial charge in [0.1, 0.15) is 40.8 Å². The molecule has 10 nitrogen and oxygen atoms in total. The largest absolute Gasteiger partial charge is 0.493 e. The molecule has 3 aromatic heterocycles. The maximum Gasteiger partial charge on any atom is 0.193 e. The lowest BCUT2D eigenvalue weighted by molar-refractivity contribution is 0.0923. The van der Waals surface area contributed by atoms with Crippen molar-refractivity contribution >= 4 is 21.9 Å². The molecule has 7 rings (SSSR count). The van der Waals surface area contributed by atoms with Gasteiger partial charge in [-0.2, -0.15) is 0 Å². The summed E-state index contributed by atoms with van der Waals surface area (Å²) >= 11 is 0. The van der Waals surface area contributed by atoms with Crippen LogP contribution in [0.5, 0.6) is 11.5 Å². The molecule has 4 aromatic carbocycles. The summed E-state index contributed by atoms with van der Waals surface area (Å²) in [6.45, 7) is 2.31. The van der Waals surface area contributed by atoms with Gasteiger partial charge < -0.3 is 23.0 Å². The summed E-state index contributed by atoms with van der Waals surface area (Å²) in [4.78, 5) is 25.2. The minimum absolute atomic E-state index is 0.0845. The number of fused-ring (bicyclic) bond motifs is 2. The van der Waals surface area contributed by atoms with Crippen LogP contribution in [0.4, 0.5) is 0 Å². The molecule has 0 aliphatic heterocycles. The maximum absolute atomic E-state index is 12.6. The van der Waals surface area contributed by atoms with Gasteiger partial charge in [-0.05, 0) is 43.5 Å². The summed E-state index contributed by atoms with van der Waals surface area (Å²) in [7, 11) is 0. The van der Waals surface area contributed by atoms with E-state index in [2.05, 4.69) is 10.3 Å². The lowest BCUT2D eigenvalue weighted by Gasteiger charge is -2.08. The minimum Gasteiger partial charge on any atom is -0.493 e. The Hall–Kier alpha value is -6.00. The number of hydrogen-bond acceptors (Lipinski definition) is 9. The minimum atomic E-state index is -0.0984. The molecule has 0 unspecified atom stereocenters. The summed E-state index contributed by atoms with van der Waals surface area (Å²) in [5.74, 6) is 2.30. The van der Waals surface area contributed by atoms with E-state index < -0.39 is 0 Å². The zero-order valence-corrected chi connectivity index (χ0v) is 27.3. The van der Waals surface area contributed by atoms with Crippen molar-refractivity contribution in [2.45, 2.75) is 25.8 Å². The maximum atomic E-state index is 12.6. The fourth-order valence-electron chi connectivity index (χ4n) is 5.58. The number of aromatic nitrogens is 3. The lowest BCUT2D eigenvalue weighted by Crippen LogP contribution is -2.12. The first-order chi connectivity index (χ1) is 24.6. The predicted octanol–water partition coefficient (Wildman–Crippen LogP) is 7.32. The van der Waals surface area contributed by atoms with Gasteiger partial charge in [-0.25, -0.2) is 4.68 Å². The highest BCUT2D eigenvalue weighted by Gasteiger charge is 2.10. The van der Waals surface area contributed by atoms with Crippen LogP contribution in [-0.2, 0) is 17.7 Å². The van der Waals surface area contributed by atoms with Crippen molar-refractivity contribution in [3.05, 3.63) is 142 Å². The van der Waals surface area contributed by atoms with Gasteiger partial charge in [0.2, 0.25) is 0 Å². The summed E-state index contributed by atoms with van der Waals surface area (Å²) in [5, 5.41) is 9.52. The summed E-state index contributed by atoms with van der Waals surface area (Å²) in [6.07, 6.45) is 4.44. The smallest absolute Gasteiger partial charge is 0.193 e. The lowest BCUT2D eigenvalue weighted by atomic mass is 10.1. The van der Waals surface area contributed by atoms with E-state index in [0.29, 0.717) is 77.9 Å². The summed E-state index contributed by atoms with van der Waals surface area (Å²) in [6, 6.07) is 32.7. The van der Waals surface area contributed by atoms with Gasteiger partial charge >= 0.3 is 0 Å². The van der Waals surface area contributed by atoms with Crippen LogP contribution in [0.3, 0.4) is 0 Å². The number of hydrogen-bond donors (Lipinski definition) is 0. The summed E-state index contributed by atoms with van der Waals surface area (Å²) in [5.41, 5.74) is 3.39. The van der Waals surface area contributed by atoms with Crippen molar-refractivity contribution in [1.82, 2.24) is 15.0 Å². The van der Waals surface area contributed by atoms with Gasteiger partial charge in [0, 0.05) is 41.6 Å². The fraction of sp³-hybridized carbons (Fsp3) is 0.200. The first-order valence-corrected chi connectivity index (χ1v) is 16.6. The molecular weight excluding hydrogens is 634 g/mol. The molecular formula is C40H35N3O7. The van der Waals surface area contributed by atoms with Crippen molar-refractivity contribution in [3.8, 4) is 34.1 Å². The SMILES string of the molecule is O=c1cc(-c2ccccc2)oc2cc(OCCCCc3cn(CCOCCOc4ccc5c(=O)cc(-c6ccccc6)oc5c4)nn3)ccc12. The predicted molar refractivity (Wildman–Crippen MR) is 191 cm³/mol. The number of unbranched alkanes of at least 4 members (excludes halogenated alkanes) is 1. The third-order valence-corrected chi connectivity index (χ3v) is 8.16. The van der Waals surface area contributed by atoms with Crippen LogP contribution >= 0.6 is 0 Å². The molecule has 0 spiro atoms. The first kappa shape index (κ1) is 32.5. The Morgan fingerprint density at radius 1 is 0.600 bits per heavy atom. The highest BCUT2D eigenvalue weighted by atomic mass is 16.5. The molecule has 0 N–H and O–H groups in total. The number of benzene rings is 4. The quantitative estimate of drug-likeness (QED) is 0.103. The first-order valence-electron chi connectivity index (χ1n) is 16.6. The van der Waals surface area contributed by atoms with Crippen LogP contribution in [-0.4, -0.2) is 41.4 Å². The molecule has 0 saturated carbocycles. The molecule has 0 bridgehead atoms. The van der Waals surface area contributed by atoms with Crippen LogP contribution in [0.15, 0.2) is 134 Å². The van der Waals surface area contributed by atoms with E-state index >= 15 is 0 Å². The monoisotopic (exact) mass is 669 g/mol. The molecule has 0 aliphatic carbocycles. The van der Waals surface area contributed by atoms with Crippen LogP contribution in [0.2, 0.25) is 0 Å². The molecule has 3 heterocycles. The molecule has 252 valence electrons. The molecule has 0 amide bonds. The standard InChI is InChI=1S/C40H35N3O7/c44-35-25-37(28-9-3-1-4-10-28)49-39-23-31(14-16-33(35)39)47-19-8-7-13-30-27-43(42-41-30)18-20-46-21-22-48-32-15-17-34-36(45)26-38(50-40(34)24-32)29-11-5-2-6-12-29/h1-6,9-12,14-17,23-27H,7-8,13,18-22H2. The second kappa shape index (κ2) is 15.5. The van der Waals surface area contributed by atoms with Gasteiger partial charge in [0.05, 0.1) is 42.8 Å². The van der Waals surface area contributed by atoms with Crippen molar-refractivity contribution in [2.75, 3.05) is 26.4 Å². The Balaban J connectivity index is 0.809. The molecule has 10 heteroatoms. The van der Waals surface area contributed by atoms with Crippen LogP contribution in [0, 0.1) is 0 Å². The topological polar surface area (TPSA) is 119 Å². The van der Waals surface area contributed by atoms with E-state index in [9.17, 15) is 9.59 Å². The Bertz CT molecular complexity index is 2310. The van der Waals surface area contributed by atoms with Crippen molar-refractivity contribution in [2.24, 2.45) is 0 Å². The average Bonchev–Trinajstić information content (AvgIpc) is 3.60. The highest BCUT2D eigenvalue weighted by Crippen LogP contribution is 2.26. The zero-order chi connectivity index (χ0) is 34.1. The van der Waals surface area contributed by atoms with Crippen molar-refractivity contribution in [1.29, 1.82) is 0 Å². The molecule has 0 saturated heterocycles. The van der Waals surface area contributed by atoms with Crippen molar-refractivity contribution in [3.63, 3.8) is 0 Å². The molecule has 50 heavy (non-hydrogen) atoms. The normalized spacial score (nSPS) is 11.3.